The first kappa shape index (κ1) is 10.4. The Balaban J connectivity index is 1.69. The third-order valence-electron chi connectivity index (χ3n) is 4.06. The molecule has 2 saturated carbocycles. The Labute approximate surface area is 106 Å². The van der Waals surface area contributed by atoms with Crippen molar-refractivity contribution >= 4 is 11.5 Å². The van der Waals surface area contributed by atoms with Crippen LogP contribution in [-0.2, 0) is 6.42 Å². The van der Waals surface area contributed by atoms with Crippen molar-refractivity contribution in [3.05, 3.63) is 24.0 Å². The lowest BCUT2D eigenvalue weighted by atomic mass is 9.93. The van der Waals surface area contributed by atoms with Gasteiger partial charge in [0.1, 0.15) is 5.82 Å². The van der Waals surface area contributed by atoms with Crippen LogP contribution in [-0.4, -0.2) is 20.6 Å². The largest absolute Gasteiger partial charge is 0.367 e. The predicted molar refractivity (Wildman–Crippen MR) is 70.7 cm³/mol. The number of fused-ring (bicyclic) bond motifs is 1. The summed E-state index contributed by atoms with van der Waals surface area (Å²) in [6.45, 7) is 0. The van der Waals surface area contributed by atoms with E-state index < -0.39 is 0 Å². The minimum absolute atomic E-state index is 0.633. The average molecular weight is 242 g/mol. The zero-order chi connectivity index (χ0) is 11.9. The third kappa shape index (κ3) is 1.85. The van der Waals surface area contributed by atoms with Gasteiger partial charge in [0.2, 0.25) is 0 Å². The molecule has 4 nitrogen and oxygen atoms in total. The summed E-state index contributed by atoms with van der Waals surface area (Å²) in [6.07, 6.45) is 9.61. The lowest BCUT2D eigenvalue weighted by Gasteiger charge is -2.27. The van der Waals surface area contributed by atoms with Gasteiger partial charge in [0.25, 0.3) is 0 Å². The second-order valence-corrected chi connectivity index (χ2v) is 5.65. The van der Waals surface area contributed by atoms with E-state index in [4.69, 9.17) is 0 Å². The van der Waals surface area contributed by atoms with E-state index in [1.165, 1.54) is 37.8 Å². The third-order valence-corrected chi connectivity index (χ3v) is 4.06. The number of hydrogen-bond donors (Lipinski definition) is 1. The predicted octanol–water partition coefficient (Wildman–Crippen LogP) is 2.65. The van der Waals surface area contributed by atoms with Crippen molar-refractivity contribution in [2.24, 2.45) is 5.92 Å². The van der Waals surface area contributed by atoms with Crippen molar-refractivity contribution in [3.8, 4) is 0 Å². The molecular weight excluding hydrogens is 224 g/mol. The van der Waals surface area contributed by atoms with E-state index in [0.29, 0.717) is 6.04 Å². The van der Waals surface area contributed by atoms with Gasteiger partial charge in [-0.05, 0) is 44.4 Å². The highest BCUT2D eigenvalue weighted by atomic mass is 15.3. The van der Waals surface area contributed by atoms with E-state index in [-0.39, 0.29) is 0 Å². The lowest BCUT2D eigenvalue weighted by molar-refractivity contribution is 0.443. The number of nitrogens with one attached hydrogen (secondary N) is 1. The van der Waals surface area contributed by atoms with Gasteiger partial charge in [0.05, 0.1) is 6.20 Å². The van der Waals surface area contributed by atoms with Crippen LogP contribution in [0.3, 0.4) is 0 Å². The maximum atomic E-state index is 4.69. The van der Waals surface area contributed by atoms with Gasteiger partial charge in [-0.2, -0.15) is 9.61 Å². The summed E-state index contributed by atoms with van der Waals surface area (Å²) in [7, 11) is 0. The summed E-state index contributed by atoms with van der Waals surface area (Å²) in [5.74, 6) is 1.99. The van der Waals surface area contributed by atoms with Gasteiger partial charge >= 0.3 is 0 Å². The van der Waals surface area contributed by atoms with Crippen LogP contribution in [0.5, 0.6) is 0 Å². The number of nitrogens with zero attached hydrogens (tertiary/aromatic N) is 3. The monoisotopic (exact) mass is 242 g/mol. The first-order valence-electron chi connectivity index (χ1n) is 6.99. The van der Waals surface area contributed by atoms with Crippen molar-refractivity contribution in [2.75, 3.05) is 5.32 Å². The summed E-state index contributed by atoms with van der Waals surface area (Å²) in [5.41, 5.74) is 2.18. The summed E-state index contributed by atoms with van der Waals surface area (Å²) in [5, 5.41) is 7.96. The molecule has 1 N–H and O–H groups in total. The number of hydrogen-bond acceptors (Lipinski definition) is 3. The standard InChI is InChI=1S/C14H18N4/c1-2-11(3-1)16-14-9-12(8-10-4-5-10)17-13-6-7-15-18(13)14/h6-7,9-11,16H,1-5,8H2. The Morgan fingerprint density at radius 3 is 2.89 bits per heavy atom. The molecular formula is C14H18N4. The van der Waals surface area contributed by atoms with Gasteiger partial charge in [0.15, 0.2) is 5.65 Å². The fourth-order valence-electron chi connectivity index (χ4n) is 2.55. The quantitative estimate of drug-likeness (QED) is 0.896. The van der Waals surface area contributed by atoms with Crippen LogP contribution >= 0.6 is 0 Å². The molecule has 2 aliphatic rings. The van der Waals surface area contributed by atoms with Gasteiger partial charge in [-0.3, -0.25) is 0 Å². The summed E-state index contributed by atoms with van der Waals surface area (Å²) in [6, 6.07) is 4.81. The second kappa shape index (κ2) is 3.97. The molecule has 18 heavy (non-hydrogen) atoms. The molecule has 4 rings (SSSR count). The molecule has 0 amide bonds. The first-order valence-corrected chi connectivity index (χ1v) is 6.99. The topological polar surface area (TPSA) is 42.2 Å². The van der Waals surface area contributed by atoms with E-state index in [2.05, 4.69) is 21.5 Å². The zero-order valence-electron chi connectivity index (χ0n) is 10.5. The molecule has 2 fully saturated rings. The maximum absolute atomic E-state index is 4.69. The maximum Gasteiger partial charge on any atom is 0.157 e. The minimum atomic E-state index is 0.633. The Hall–Kier alpha value is -1.58. The van der Waals surface area contributed by atoms with E-state index in [0.717, 1.165) is 23.8 Å². The molecule has 94 valence electrons. The molecule has 0 radical (unpaired) electrons. The molecule has 0 atom stereocenters. The van der Waals surface area contributed by atoms with Crippen molar-refractivity contribution in [1.82, 2.24) is 14.6 Å². The molecule has 2 heterocycles. The minimum Gasteiger partial charge on any atom is -0.367 e. The molecule has 0 unspecified atom stereocenters. The fourth-order valence-corrected chi connectivity index (χ4v) is 2.55. The van der Waals surface area contributed by atoms with Gasteiger partial charge in [0, 0.05) is 23.9 Å². The number of anilines is 1. The molecule has 2 aromatic rings. The van der Waals surface area contributed by atoms with Crippen molar-refractivity contribution in [1.29, 1.82) is 0 Å². The highest BCUT2D eigenvalue weighted by Crippen LogP contribution is 2.33. The molecule has 0 aromatic carbocycles. The van der Waals surface area contributed by atoms with Gasteiger partial charge in [-0.1, -0.05) is 0 Å². The Morgan fingerprint density at radius 2 is 2.17 bits per heavy atom. The lowest BCUT2D eigenvalue weighted by Crippen LogP contribution is -2.28. The Morgan fingerprint density at radius 1 is 1.28 bits per heavy atom. The second-order valence-electron chi connectivity index (χ2n) is 5.65. The Bertz CT molecular complexity index is 566. The van der Waals surface area contributed by atoms with Gasteiger partial charge in [-0.25, -0.2) is 4.98 Å². The van der Waals surface area contributed by atoms with E-state index in [9.17, 15) is 0 Å². The average Bonchev–Trinajstić information content (AvgIpc) is 2.98. The summed E-state index contributed by atoms with van der Waals surface area (Å²) >= 11 is 0. The van der Waals surface area contributed by atoms with E-state index >= 15 is 0 Å². The number of rotatable bonds is 4. The SMILES string of the molecule is c1cc2nc(CC3CC3)cc(NC3CCC3)n2n1. The molecule has 0 spiro atoms. The van der Waals surface area contributed by atoms with Crippen LogP contribution in [0.2, 0.25) is 0 Å². The normalized spacial score (nSPS) is 20.0. The van der Waals surface area contributed by atoms with Crippen molar-refractivity contribution in [3.63, 3.8) is 0 Å². The van der Waals surface area contributed by atoms with Gasteiger partial charge in [-0.15, -0.1) is 0 Å². The smallest absolute Gasteiger partial charge is 0.157 e. The van der Waals surface area contributed by atoms with Gasteiger partial charge < -0.3 is 5.32 Å². The van der Waals surface area contributed by atoms with Crippen molar-refractivity contribution in [2.45, 2.75) is 44.6 Å². The highest BCUT2D eigenvalue weighted by Gasteiger charge is 2.23. The number of aromatic nitrogens is 3. The molecule has 0 aliphatic heterocycles. The fraction of sp³-hybridized carbons (Fsp3) is 0.571. The van der Waals surface area contributed by atoms with Crippen LogP contribution in [0.4, 0.5) is 5.82 Å². The zero-order valence-corrected chi connectivity index (χ0v) is 10.5. The molecule has 2 aliphatic carbocycles. The molecule has 0 saturated heterocycles. The van der Waals surface area contributed by atoms with Crippen LogP contribution < -0.4 is 5.32 Å². The van der Waals surface area contributed by atoms with Crippen molar-refractivity contribution < 1.29 is 0 Å². The van der Waals surface area contributed by atoms with Crippen LogP contribution in [0.15, 0.2) is 18.3 Å². The van der Waals surface area contributed by atoms with Crippen LogP contribution in [0.25, 0.3) is 5.65 Å². The molecule has 2 aromatic heterocycles. The highest BCUT2D eigenvalue weighted by molar-refractivity contribution is 5.49. The summed E-state index contributed by atoms with van der Waals surface area (Å²) in [4.78, 5) is 4.69. The summed E-state index contributed by atoms with van der Waals surface area (Å²) < 4.78 is 1.93. The Kier molecular flexibility index (Phi) is 2.28. The van der Waals surface area contributed by atoms with Crippen LogP contribution in [0.1, 0.15) is 37.8 Å². The molecule has 4 heteroatoms. The first-order chi connectivity index (χ1) is 8.88. The van der Waals surface area contributed by atoms with Crippen LogP contribution in [0, 0.1) is 5.92 Å². The van der Waals surface area contributed by atoms with E-state index in [1.54, 1.807) is 0 Å². The molecule has 0 bridgehead atoms. The van der Waals surface area contributed by atoms with E-state index in [1.807, 2.05) is 16.8 Å².